The number of hydrogen-bond donors (Lipinski definition) is 0. The SMILES string of the molecule is C[C@@H](c1ccccc1)n1c(COc2ccc3ccccc3c2)nc2ccccc21. The Balaban J connectivity index is 1.50. The van der Waals surface area contributed by atoms with E-state index >= 15 is 0 Å². The monoisotopic (exact) mass is 378 g/mol. The van der Waals surface area contributed by atoms with Crippen molar-refractivity contribution in [3.05, 3.63) is 108 Å². The summed E-state index contributed by atoms with van der Waals surface area (Å²) in [6.07, 6.45) is 0. The van der Waals surface area contributed by atoms with E-state index in [9.17, 15) is 0 Å². The van der Waals surface area contributed by atoms with Crippen LogP contribution in [0.3, 0.4) is 0 Å². The molecule has 0 N–H and O–H groups in total. The predicted molar refractivity (Wildman–Crippen MR) is 118 cm³/mol. The second-order valence-electron chi connectivity index (χ2n) is 7.27. The Morgan fingerprint density at radius 3 is 2.38 bits per heavy atom. The average Bonchev–Trinajstić information content (AvgIpc) is 3.16. The van der Waals surface area contributed by atoms with Crippen molar-refractivity contribution in [2.75, 3.05) is 0 Å². The highest BCUT2D eigenvalue weighted by atomic mass is 16.5. The molecule has 29 heavy (non-hydrogen) atoms. The van der Waals surface area contributed by atoms with Crippen molar-refractivity contribution >= 4 is 21.8 Å². The maximum absolute atomic E-state index is 6.17. The lowest BCUT2D eigenvalue weighted by molar-refractivity contribution is 0.289. The van der Waals surface area contributed by atoms with Gasteiger partial charge in [-0.3, -0.25) is 0 Å². The summed E-state index contributed by atoms with van der Waals surface area (Å²) in [6, 6.07) is 33.5. The molecule has 0 aliphatic carbocycles. The van der Waals surface area contributed by atoms with Gasteiger partial charge in [-0.15, -0.1) is 0 Å². The molecule has 0 unspecified atom stereocenters. The zero-order valence-corrected chi connectivity index (χ0v) is 16.3. The third-order valence-electron chi connectivity index (χ3n) is 5.43. The van der Waals surface area contributed by atoms with Gasteiger partial charge in [-0.25, -0.2) is 4.98 Å². The van der Waals surface area contributed by atoms with Gasteiger partial charge in [-0.1, -0.05) is 72.8 Å². The molecule has 5 rings (SSSR count). The molecule has 1 aromatic heterocycles. The molecule has 1 heterocycles. The fourth-order valence-corrected chi connectivity index (χ4v) is 3.91. The van der Waals surface area contributed by atoms with E-state index < -0.39 is 0 Å². The smallest absolute Gasteiger partial charge is 0.148 e. The number of nitrogens with zero attached hydrogens (tertiary/aromatic N) is 2. The number of para-hydroxylation sites is 2. The van der Waals surface area contributed by atoms with Crippen molar-refractivity contribution in [2.45, 2.75) is 19.6 Å². The summed E-state index contributed by atoms with van der Waals surface area (Å²) in [7, 11) is 0. The van der Waals surface area contributed by atoms with E-state index in [1.807, 2.05) is 24.3 Å². The Morgan fingerprint density at radius 2 is 1.52 bits per heavy atom. The molecule has 3 nitrogen and oxygen atoms in total. The van der Waals surface area contributed by atoms with E-state index in [4.69, 9.17) is 9.72 Å². The minimum absolute atomic E-state index is 0.166. The maximum atomic E-state index is 6.17. The predicted octanol–water partition coefficient (Wildman–Crippen LogP) is 6.38. The molecular weight excluding hydrogens is 356 g/mol. The van der Waals surface area contributed by atoms with Crippen LogP contribution < -0.4 is 4.74 Å². The maximum Gasteiger partial charge on any atom is 0.148 e. The van der Waals surface area contributed by atoms with Gasteiger partial charge in [0.2, 0.25) is 0 Å². The fraction of sp³-hybridized carbons (Fsp3) is 0.115. The molecule has 142 valence electrons. The van der Waals surface area contributed by atoms with E-state index in [0.29, 0.717) is 6.61 Å². The van der Waals surface area contributed by atoms with Gasteiger partial charge in [0, 0.05) is 0 Å². The van der Waals surface area contributed by atoms with Crippen LogP contribution in [0.1, 0.15) is 24.4 Å². The largest absolute Gasteiger partial charge is 0.486 e. The Morgan fingerprint density at radius 1 is 0.793 bits per heavy atom. The van der Waals surface area contributed by atoms with Crippen LogP contribution in [0.15, 0.2) is 97.1 Å². The number of aromatic nitrogens is 2. The number of rotatable bonds is 5. The molecule has 0 amide bonds. The van der Waals surface area contributed by atoms with Crippen LogP contribution in [0, 0.1) is 0 Å². The van der Waals surface area contributed by atoms with Crippen molar-refractivity contribution in [2.24, 2.45) is 0 Å². The summed E-state index contributed by atoms with van der Waals surface area (Å²) in [5.41, 5.74) is 3.37. The van der Waals surface area contributed by atoms with E-state index in [-0.39, 0.29) is 6.04 Å². The number of benzene rings is 4. The first-order chi connectivity index (χ1) is 14.3. The molecule has 0 saturated heterocycles. The van der Waals surface area contributed by atoms with E-state index in [0.717, 1.165) is 22.6 Å². The molecular formula is C26H22N2O. The molecule has 0 spiro atoms. The van der Waals surface area contributed by atoms with Crippen LogP contribution in [0.2, 0.25) is 0 Å². The molecule has 0 fully saturated rings. The van der Waals surface area contributed by atoms with Gasteiger partial charge in [0.25, 0.3) is 0 Å². The Bertz CT molecular complexity index is 1270. The Hall–Kier alpha value is -3.59. The van der Waals surface area contributed by atoms with Crippen LogP contribution >= 0.6 is 0 Å². The van der Waals surface area contributed by atoms with Gasteiger partial charge in [0.15, 0.2) is 0 Å². The normalized spacial score (nSPS) is 12.3. The van der Waals surface area contributed by atoms with E-state index in [1.54, 1.807) is 0 Å². The molecule has 0 saturated carbocycles. The first kappa shape index (κ1) is 17.5. The molecule has 1 atom stereocenters. The lowest BCUT2D eigenvalue weighted by Gasteiger charge is -2.18. The zero-order chi connectivity index (χ0) is 19.6. The standard InChI is InChI=1S/C26H22N2O/c1-19(20-9-3-2-4-10-20)28-25-14-8-7-13-24(25)27-26(28)18-29-23-16-15-21-11-5-6-12-22(21)17-23/h2-17,19H,18H2,1H3/t19-/m0/s1. The lowest BCUT2D eigenvalue weighted by atomic mass is 10.1. The summed E-state index contributed by atoms with van der Waals surface area (Å²) in [6.45, 7) is 2.63. The number of fused-ring (bicyclic) bond motifs is 2. The lowest BCUT2D eigenvalue weighted by Crippen LogP contribution is -2.12. The molecule has 3 heteroatoms. The van der Waals surface area contributed by atoms with Gasteiger partial charge in [-0.2, -0.15) is 0 Å². The number of imidazole rings is 1. The topological polar surface area (TPSA) is 27.1 Å². The van der Waals surface area contributed by atoms with Crippen LogP contribution in [0.5, 0.6) is 5.75 Å². The van der Waals surface area contributed by atoms with Crippen molar-refractivity contribution in [1.29, 1.82) is 0 Å². The molecule has 0 aliphatic heterocycles. The van der Waals surface area contributed by atoms with Gasteiger partial charge >= 0.3 is 0 Å². The summed E-state index contributed by atoms with van der Waals surface area (Å²) < 4.78 is 8.46. The number of hydrogen-bond acceptors (Lipinski definition) is 2. The molecule has 0 aliphatic rings. The quantitative estimate of drug-likeness (QED) is 0.355. The zero-order valence-electron chi connectivity index (χ0n) is 16.3. The minimum Gasteiger partial charge on any atom is -0.486 e. The second-order valence-corrected chi connectivity index (χ2v) is 7.27. The Labute approximate surface area is 170 Å². The second kappa shape index (κ2) is 7.44. The van der Waals surface area contributed by atoms with Crippen molar-refractivity contribution < 1.29 is 4.74 Å². The van der Waals surface area contributed by atoms with Gasteiger partial charge in [0.05, 0.1) is 17.1 Å². The van der Waals surface area contributed by atoms with Crippen molar-refractivity contribution in [1.82, 2.24) is 9.55 Å². The molecule has 4 aromatic carbocycles. The van der Waals surface area contributed by atoms with Gasteiger partial charge < -0.3 is 9.30 Å². The van der Waals surface area contributed by atoms with Crippen LogP contribution in [0.4, 0.5) is 0 Å². The van der Waals surface area contributed by atoms with Crippen LogP contribution in [0.25, 0.3) is 21.8 Å². The highest BCUT2D eigenvalue weighted by Gasteiger charge is 2.17. The number of ether oxygens (including phenoxy) is 1. The Kier molecular flexibility index (Phi) is 4.49. The fourth-order valence-electron chi connectivity index (χ4n) is 3.91. The van der Waals surface area contributed by atoms with E-state index in [1.165, 1.54) is 16.3 Å². The highest BCUT2D eigenvalue weighted by molar-refractivity contribution is 5.83. The minimum atomic E-state index is 0.166. The molecule has 0 bridgehead atoms. The highest BCUT2D eigenvalue weighted by Crippen LogP contribution is 2.27. The van der Waals surface area contributed by atoms with E-state index in [2.05, 4.69) is 84.3 Å². The molecule has 5 aromatic rings. The van der Waals surface area contributed by atoms with Crippen molar-refractivity contribution in [3.63, 3.8) is 0 Å². The van der Waals surface area contributed by atoms with Crippen LogP contribution in [-0.4, -0.2) is 9.55 Å². The third kappa shape index (κ3) is 3.36. The summed E-state index contributed by atoms with van der Waals surface area (Å²) >= 11 is 0. The first-order valence-corrected chi connectivity index (χ1v) is 9.92. The summed E-state index contributed by atoms with van der Waals surface area (Å²) in [4.78, 5) is 4.87. The third-order valence-corrected chi connectivity index (χ3v) is 5.43. The summed E-state index contributed by atoms with van der Waals surface area (Å²) in [5.74, 6) is 1.78. The average molecular weight is 378 g/mol. The summed E-state index contributed by atoms with van der Waals surface area (Å²) in [5, 5.41) is 2.39. The van der Waals surface area contributed by atoms with Crippen LogP contribution in [-0.2, 0) is 6.61 Å². The first-order valence-electron chi connectivity index (χ1n) is 9.92. The molecule has 0 radical (unpaired) electrons. The van der Waals surface area contributed by atoms with Crippen molar-refractivity contribution in [3.8, 4) is 5.75 Å². The van der Waals surface area contributed by atoms with Gasteiger partial charge in [-0.05, 0) is 47.5 Å². The van der Waals surface area contributed by atoms with Gasteiger partial charge in [0.1, 0.15) is 18.2 Å².